The van der Waals surface area contributed by atoms with Crippen molar-refractivity contribution in [2.45, 2.75) is 44.8 Å². The van der Waals surface area contributed by atoms with Crippen LogP contribution in [0.2, 0.25) is 0 Å². The van der Waals surface area contributed by atoms with Gasteiger partial charge in [0, 0.05) is 38.1 Å². The lowest BCUT2D eigenvalue weighted by Crippen LogP contribution is -2.26. The number of carbonyl (C=O) groups is 1. The van der Waals surface area contributed by atoms with E-state index in [1.807, 2.05) is 0 Å². The molecule has 0 unspecified atom stereocenters. The highest BCUT2D eigenvalue weighted by molar-refractivity contribution is 5.75. The Morgan fingerprint density at radius 2 is 1.74 bits per heavy atom. The van der Waals surface area contributed by atoms with Gasteiger partial charge in [-0.15, -0.1) is 0 Å². The SMILES string of the molecule is CN(Cc1cc(F)cc(F)c1F)C(=O)CCCCCC(F)(F)F. The summed E-state index contributed by atoms with van der Waals surface area (Å²) in [5.41, 5.74) is -0.296. The maximum absolute atomic E-state index is 13.5. The Labute approximate surface area is 130 Å². The Morgan fingerprint density at radius 3 is 2.35 bits per heavy atom. The second kappa shape index (κ2) is 8.21. The van der Waals surface area contributed by atoms with Crippen molar-refractivity contribution in [1.82, 2.24) is 4.90 Å². The Morgan fingerprint density at radius 1 is 1.09 bits per heavy atom. The number of amides is 1. The van der Waals surface area contributed by atoms with Gasteiger partial charge in [0.05, 0.1) is 0 Å². The fourth-order valence-electron chi connectivity index (χ4n) is 2.04. The first-order chi connectivity index (χ1) is 10.6. The quantitative estimate of drug-likeness (QED) is 0.404. The summed E-state index contributed by atoms with van der Waals surface area (Å²) in [7, 11) is 1.33. The number of nitrogens with zero attached hydrogens (tertiary/aromatic N) is 1. The standard InChI is InChI=1S/C15H17F6NO/c1-22(9-10-7-11(16)8-12(17)14(10)18)13(23)5-3-2-4-6-15(19,20)21/h7-8H,2-6,9H2,1H3. The van der Waals surface area contributed by atoms with Gasteiger partial charge in [0.1, 0.15) is 5.82 Å². The zero-order valence-corrected chi connectivity index (χ0v) is 12.5. The molecule has 2 nitrogen and oxygen atoms in total. The van der Waals surface area contributed by atoms with Crippen LogP contribution in [0, 0.1) is 17.5 Å². The molecular weight excluding hydrogens is 324 g/mol. The van der Waals surface area contributed by atoms with Crippen LogP contribution in [-0.2, 0) is 11.3 Å². The lowest BCUT2D eigenvalue weighted by atomic mass is 10.1. The molecule has 0 N–H and O–H groups in total. The van der Waals surface area contributed by atoms with E-state index in [0.29, 0.717) is 6.07 Å². The Kier molecular flexibility index (Phi) is 6.90. The number of hydrogen-bond acceptors (Lipinski definition) is 1. The van der Waals surface area contributed by atoms with Gasteiger partial charge >= 0.3 is 6.18 Å². The largest absolute Gasteiger partial charge is 0.389 e. The van der Waals surface area contributed by atoms with Gasteiger partial charge in [0.25, 0.3) is 0 Å². The molecule has 1 aromatic rings. The average Bonchev–Trinajstić information content (AvgIpc) is 2.42. The van der Waals surface area contributed by atoms with Gasteiger partial charge in [-0.25, -0.2) is 13.2 Å². The van der Waals surface area contributed by atoms with Gasteiger partial charge in [-0.05, 0) is 18.9 Å². The zero-order valence-electron chi connectivity index (χ0n) is 12.5. The van der Waals surface area contributed by atoms with Crippen molar-refractivity contribution in [2.24, 2.45) is 0 Å². The summed E-state index contributed by atoms with van der Waals surface area (Å²) < 4.78 is 75.4. The molecule has 1 aromatic carbocycles. The van der Waals surface area contributed by atoms with Crippen LogP contribution in [-0.4, -0.2) is 24.0 Å². The van der Waals surface area contributed by atoms with Crippen molar-refractivity contribution in [1.29, 1.82) is 0 Å². The summed E-state index contributed by atoms with van der Waals surface area (Å²) in [4.78, 5) is 12.9. The number of rotatable bonds is 7. The molecule has 0 saturated heterocycles. The highest BCUT2D eigenvalue weighted by atomic mass is 19.4. The van der Waals surface area contributed by atoms with Crippen molar-refractivity contribution in [3.8, 4) is 0 Å². The maximum Gasteiger partial charge on any atom is 0.389 e. The molecule has 0 heterocycles. The van der Waals surface area contributed by atoms with E-state index in [4.69, 9.17) is 0 Å². The molecule has 0 aromatic heterocycles. The minimum Gasteiger partial charge on any atom is -0.341 e. The molecule has 0 spiro atoms. The van der Waals surface area contributed by atoms with Crippen LogP contribution in [0.1, 0.15) is 37.7 Å². The van der Waals surface area contributed by atoms with Crippen LogP contribution < -0.4 is 0 Å². The molecule has 0 bridgehead atoms. The highest BCUT2D eigenvalue weighted by Crippen LogP contribution is 2.23. The van der Waals surface area contributed by atoms with Crippen LogP contribution in [0.3, 0.4) is 0 Å². The van der Waals surface area contributed by atoms with Crippen molar-refractivity contribution < 1.29 is 31.1 Å². The van der Waals surface area contributed by atoms with Crippen molar-refractivity contribution in [3.63, 3.8) is 0 Å². The van der Waals surface area contributed by atoms with E-state index in [2.05, 4.69) is 0 Å². The van der Waals surface area contributed by atoms with Crippen LogP contribution >= 0.6 is 0 Å². The van der Waals surface area contributed by atoms with Gasteiger partial charge in [0.15, 0.2) is 11.6 Å². The second-order valence-corrected chi connectivity index (χ2v) is 5.29. The van der Waals surface area contributed by atoms with E-state index < -0.39 is 36.0 Å². The number of benzene rings is 1. The number of alkyl halides is 3. The third-order valence-corrected chi connectivity index (χ3v) is 3.25. The van der Waals surface area contributed by atoms with E-state index in [-0.39, 0.29) is 37.8 Å². The average molecular weight is 341 g/mol. The Bertz CT molecular complexity index is 544. The first-order valence-corrected chi connectivity index (χ1v) is 7.04. The summed E-state index contributed by atoms with van der Waals surface area (Å²) in [6.45, 7) is -0.318. The number of halogens is 6. The fourth-order valence-corrected chi connectivity index (χ4v) is 2.04. The topological polar surface area (TPSA) is 20.3 Å². The molecule has 23 heavy (non-hydrogen) atoms. The van der Waals surface area contributed by atoms with Gasteiger partial charge < -0.3 is 4.90 Å². The van der Waals surface area contributed by atoms with Gasteiger partial charge in [-0.3, -0.25) is 4.79 Å². The zero-order chi connectivity index (χ0) is 17.6. The molecule has 1 rings (SSSR count). The monoisotopic (exact) mass is 341 g/mol. The van der Waals surface area contributed by atoms with E-state index in [0.717, 1.165) is 11.0 Å². The van der Waals surface area contributed by atoms with Gasteiger partial charge in [0.2, 0.25) is 5.91 Å². The molecule has 0 atom stereocenters. The first-order valence-electron chi connectivity index (χ1n) is 7.04. The van der Waals surface area contributed by atoms with Crippen molar-refractivity contribution in [2.75, 3.05) is 7.05 Å². The van der Waals surface area contributed by atoms with E-state index in [9.17, 15) is 31.1 Å². The van der Waals surface area contributed by atoms with Crippen molar-refractivity contribution in [3.05, 3.63) is 35.1 Å². The smallest absolute Gasteiger partial charge is 0.341 e. The van der Waals surface area contributed by atoms with Crippen LogP contribution in [0.25, 0.3) is 0 Å². The molecule has 0 aliphatic heterocycles. The number of carbonyl (C=O) groups excluding carboxylic acids is 1. The molecule has 0 aliphatic rings. The summed E-state index contributed by atoms with van der Waals surface area (Å²) in [5, 5.41) is 0. The van der Waals surface area contributed by atoms with E-state index >= 15 is 0 Å². The van der Waals surface area contributed by atoms with Crippen molar-refractivity contribution >= 4 is 5.91 Å². The summed E-state index contributed by atoms with van der Waals surface area (Å²) in [6, 6.07) is 1.20. The summed E-state index contributed by atoms with van der Waals surface area (Å²) >= 11 is 0. The normalized spacial score (nSPS) is 11.6. The number of hydrogen-bond donors (Lipinski definition) is 0. The molecule has 0 radical (unpaired) electrons. The third-order valence-electron chi connectivity index (χ3n) is 3.25. The molecule has 8 heteroatoms. The molecule has 0 fully saturated rings. The molecule has 0 saturated carbocycles. The van der Waals surface area contributed by atoms with E-state index in [1.54, 1.807) is 0 Å². The minimum atomic E-state index is -4.21. The van der Waals surface area contributed by atoms with Crippen LogP contribution in [0.5, 0.6) is 0 Å². The van der Waals surface area contributed by atoms with Gasteiger partial charge in [-0.1, -0.05) is 6.42 Å². The van der Waals surface area contributed by atoms with Crippen LogP contribution in [0.4, 0.5) is 26.3 Å². The fraction of sp³-hybridized carbons (Fsp3) is 0.533. The molecule has 1 amide bonds. The Balaban J connectivity index is 2.43. The minimum absolute atomic E-state index is 0.00618. The maximum atomic E-state index is 13.5. The summed E-state index contributed by atoms with van der Waals surface area (Å²) in [5.74, 6) is -3.95. The second-order valence-electron chi connectivity index (χ2n) is 5.29. The summed E-state index contributed by atoms with van der Waals surface area (Å²) in [6.07, 6.45) is -4.68. The molecule has 0 aliphatic carbocycles. The lowest BCUT2D eigenvalue weighted by molar-refractivity contribution is -0.135. The molecule has 130 valence electrons. The predicted octanol–water partition coefficient (Wildman–Crippen LogP) is 4.58. The number of unbranched alkanes of at least 4 members (excludes halogenated alkanes) is 2. The van der Waals surface area contributed by atoms with E-state index in [1.165, 1.54) is 7.05 Å². The highest BCUT2D eigenvalue weighted by Gasteiger charge is 2.25. The van der Waals surface area contributed by atoms with Gasteiger partial charge in [-0.2, -0.15) is 13.2 Å². The predicted molar refractivity (Wildman–Crippen MR) is 71.9 cm³/mol. The lowest BCUT2D eigenvalue weighted by Gasteiger charge is -2.18. The first kappa shape index (κ1) is 19.3. The van der Waals surface area contributed by atoms with Crippen LogP contribution in [0.15, 0.2) is 12.1 Å². The Hall–Kier alpha value is -1.73. The molecular formula is C15H17F6NO. The third kappa shape index (κ3) is 6.92.